The molecule has 1 amide bonds. The molecule has 0 aliphatic carbocycles. The van der Waals surface area contributed by atoms with Gasteiger partial charge in [0.05, 0.1) is 6.04 Å². The van der Waals surface area contributed by atoms with Gasteiger partial charge in [0.2, 0.25) is 0 Å². The molecule has 3 heteroatoms. The molecule has 2 aromatic carbocycles. The second kappa shape index (κ2) is 6.46. The van der Waals surface area contributed by atoms with Crippen molar-refractivity contribution in [1.29, 1.82) is 0 Å². The van der Waals surface area contributed by atoms with Crippen LogP contribution in [0.1, 0.15) is 52.0 Å². The zero-order chi connectivity index (χ0) is 18.3. The van der Waals surface area contributed by atoms with Crippen LogP contribution >= 0.6 is 0 Å². The summed E-state index contributed by atoms with van der Waals surface area (Å²) in [5, 5.41) is 2.54. The number of nitrogens with zero attached hydrogens (tertiary/aromatic N) is 1. The number of piperidine rings is 1. The van der Waals surface area contributed by atoms with Crippen LogP contribution in [0.25, 0.3) is 16.3 Å². The SMILES string of the molecule is CC(C)(C)OC(=O)N1C2C=C(c3ccc4ccccc4c3)CC1CCC2. The largest absolute Gasteiger partial charge is 0.444 e. The maximum absolute atomic E-state index is 12.7. The molecule has 1 saturated heterocycles. The van der Waals surface area contributed by atoms with Gasteiger partial charge in [0.25, 0.3) is 0 Å². The molecule has 1 fully saturated rings. The van der Waals surface area contributed by atoms with Gasteiger partial charge in [-0.1, -0.05) is 42.5 Å². The molecule has 2 bridgehead atoms. The standard InChI is InChI=1S/C23H27NO2/c1-23(2,3)26-22(25)24-20-9-6-10-21(24)15-19(14-20)18-12-11-16-7-4-5-8-17(16)13-18/h4-5,7-8,11-14,20-21H,6,9-10,15H2,1-3H3. The third kappa shape index (κ3) is 3.35. The third-order valence-electron chi connectivity index (χ3n) is 5.36. The predicted molar refractivity (Wildman–Crippen MR) is 106 cm³/mol. The highest BCUT2D eigenvalue weighted by molar-refractivity contribution is 5.87. The third-order valence-corrected chi connectivity index (χ3v) is 5.36. The Morgan fingerprint density at radius 2 is 1.85 bits per heavy atom. The number of carbonyl (C=O) groups is 1. The molecule has 2 atom stereocenters. The van der Waals surface area contributed by atoms with Gasteiger partial charge in [-0.05, 0) is 74.4 Å². The van der Waals surface area contributed by atoms with Gasteiger partial charge in [0.15, 0.2) is 0 Å². The number of carbonyl (C=O) groups excluding carboxylic acids is 1. The quantitative estimate of drug-likeness (QED) is 0.652. The monoisotopic (exact) mass is 349 g/mol. The van der Waals surface area contributed by atoms with E-state index in [-0.39, 0.29) is 18.2 Å². The fourth-order valence-corrected chi connectivity index (χ4v) is 4.23. The zero-order valence-electron chi connectivity index (χ0n) is 15.9. The lowest BCUT2D eigenvalue weighted by Gasteiger charge is -2.45. The van der Waals surface area contributed by atoms with Crippen LogP contribution < -0.4 is 0 Å². The molecule has 3 nitrogen and oxygen atoms in total. The Bertz CT molecular complexity index is 862. The Hall–Kier alpha value is -2.29. The summed E-state index contributed by atoms with van der Waals surface area (Å²) in [6, 6.07) is 15.6. The van der Waals surface area contributed by atoms with E-state index in [0.29, 0.717) is 0 Å². The first-order chi connectivity index (χ1) is 12.4. The smallest absolute Gasteiger partial charge is 0.411 e. The second-order valence-electron chi connectivity index (χ2n) is 8.50. The Kier molecular flexibility index (Phi) is 4.26. The summed E-state index contributed by atoms with van der Waals surface area (Å²) < 4.78 is 5.67. The van der Waals surface area contributed by atoms with Crippen LogP contribution in [-0.4, -0.2) is 28.7 Å². The van der Waals surface area contributed by atoms with Crippen molar-refractivity contribution >= 4 is 22.4 Å². The lowest BCUT2D eigenvalue weighted by atomic mass is 9.83. The maximum Gasteiger partial charge on any atom is 0.411 e. The lowest BCUT2D eigenvalue weighted by molar-refractivity contribution is 0.0000860. The van der Waals surface area contributed by atoms with Crippen molar-refractivity contribution in [2.45, 2.75) is 64.1 Å². The maximum atomic E-state index is 12.7. The van der Waals surface area contributed by atoms with E-state index in [1.165, 1.54) is 28.3 Å². The highest BCUT2D eigenvalue weighted by Gasteiger charge is 2.39. The Morgan fingerprint density at radius 3 is 2.58 bits per heavy atom. The molecule has 2 aliphatic heterocycles. The van der Waals surface area contributed by atoms with Crippen molar-refractivity contribution < 1.29 is 9.53 Å². The molecule has 26 heavy (non-hydrogen) atoms. The minimum atomic E-state index is -0.451. The predicted octanol–water partition coefficient (Wildman–Crippen LogP) is 5.79. The van der Waals surface area contributed by atoms with Crippen molar-refractivity contribution in [3.63, 3.8) is 0 Å². The summed E-state index contributed by atoms with van der Waals surface area (Å²) in [5.41, 5.74) is 2.20. The Morgan fingerprint density at radius 1 is 1.08 bits per heavy atom. The summed E-state index contributed by atoms with van der Waals surface area (Å²) >= 11 is 0. The van der Waals surface area contributed by atoms with Crippen LogP contribution in [0.3, 0.4) is 0 Å². The average Bonchev–Trinajstić information content (AvgIpc) is 2.58. The van der Waals surface area contributed by atoms with E-state index < -0.39 is 5.60 Å². The van der Waals surface area contributed by atoms with Crippen LogP contribution in [0, 0.1) is 0 Å². The number of benzene rings is 2. The summed E-state index contributed by atoms with van der Waals surface area (Å²) in [5.74, 6) is 0. The summed E-state index contributed by atoms with van der Waals surface area (Å²) in [7, 11) is 0. The fourth-order valence-electron chi connectivity index (χ4n) is 4.23. The van der Waals surface area contributed by atoms with Crippen LogP contribution in [0.5, 0.6) is 0 Å². The summed E-state index contributed by atoms with van der Waals surface area (Å²) in [6.45, 7) is 5.79. The van der Waals surface area contributed by atoms with E-state index in [1.807, 2.05) is 25.7 Å². The first kappa shape index (κ1) is 17.1. The average molecular weight is 349 g/mol. The van der Waals surface area contributed by atoms with Crippen LogP contribution in [0.2, 0.25) is 0 Å². The van der Waals surface area contributed by atoms with Gasteiger partial charge in [-0.3, -0.25) is 4.90 Å². The van der Waals surface area contributed by atoms with E-state index in [9.17, 15) is 4.79 Å². The molecule has 136 valence electrons. The van der Waals surface area contributed by atoms with Crippen LogP contribution in [0.15, 0.2) is 48.5 Å². The molecule has 0 radical (unpaired) electrons. The van der Waals surface area contributed by atoms with Crippen molar-refractivity contribution in [3.05, 3.63) is 54.1 Å². The molecular formula is C23H27NO2. The lowest BCUT2D eigenvalue weighted by Crippen LogP contribution is -2.53. The van der Waals surface area contributed by atoms with Crippen LogP contribution in [-0.2, 0) is 4.74 Å². The van der Waals surface area contributed by atoms with Gasteiger partial charge in [0, 0.05) is 6.04 Å². The summed E-state index contributed by atoms with van der Waals surface area (Å²) in [6.07, 6.45) is 6.29. The first-order valence-electron chi connectivity index (χ1n) is 9.62. The number of ether oxygens (including phenoxy) is 1. The van der Waals surface area contributed by atoms with Crippen LogP contribution in [0.4, 0.5) is 4.79 Å². The van der Waals surface area contributed by atoms with Gasteiger partial charge in [-0.2, -0.15) is 0 Å². The highest BCUT2D eigenvalue weighted by atomic mass is 16.6. The first-order valence-corrected chi connectivity index (χ1v) is 9.62. The number of hydrogen-bond donors (Lipinski definition) is 0. The molecule has 0 saturated carbocycles. The van der Waals surface area contributed by atoms with E-state index in [4.69, 9.17) is 4.74 Å². The Balaban J connectivity index is 1.64. The Labute approximate surface area is 155 Å². The summed E-state index contributed by atoms with van der Waals surface area (Å²) in [4.78, 5) is 14.7. The number of amides is 1. The van der Waals surface area contributed by atoms with Crippen molar-refractivity contribution in [1.82, 2.24) is 4.90 Å². The highest BCUT2D eigenvalue weighted by Crippen LogP contribution is 2.38. The van der Waals surface area contributed by atoms with E-state index in [0.717, 1.165) is 19.3 Å². The number of rotatable bonds is 1. The second-order valence-corrected chi connectivity index (χ2v) is 8.50. The molecule has 0 spiro atoms. The number of hydrogen-bond acceptors (Lipinski definition) is 2. The van der Waals surface area contributed by atoms with E-state index >= 15 is 0 Å². The normalized spacial score (nSPS) is 22.9. The molecule has 0 aromatic heterocycles. The van der Waals surface area contributed by atoms with Gasteiger partial charge in [-0.25, -0.2) is 4.79 Å². The van der Waals surface area contributed by atoms with Gasteiger partial charge in [0.1, 0.15) is 5.60 Å². The van der Waals surface area contributed by atoms with Gasteiger partial charge < -0.3 is 4.74 Å². The van der Waals surface area contributed by atoms with Gasteiger partial charge >= 0.3 is 6.09 Å². The minimum Gasteiger partial charge on any atom is -0.444 e. The van der Waals surface area contributed by atoms with E-state index in [2.05, 4.69) is 48.5 Å². The molecule has 2 aromatic rings. The molecular weight excluding hydrogens is 322 g/mol. The van der Waals surface area contributed by atoms with Crippen molar-refractivity contribution in [2.75, 3.05) is 0 Å². The molecule has 2 heterocycles. The molecule has 2 aliphatic rings. The number of fused-ring (bicyclic) bond motifs is 3. The van der Waals surface area contributed by atoms with Crippen molar-refractivity contribution in [2.24, 2.45) is 0 Å². The molecule has 2 unspecified atom stereocenters. The zero-order valence-corrected chi connectivity index (χ0v) is 15.9. The topological polar surface area (TPSA) is 29.5 Å². The van der Waals surface area contributed by atoms with E-state index in [1.54, 1.807) is 0 Å². The molecule has 4 rings (SSSR count). The van der Waals surface area contributed by atoms with Gasteiger partial charge in [-0.15, -0.1) is 0 Å². The molecule has 0 N–H and O–H groups in total. The van der Waals surface area contributed by atoms with Crippen molar-refractivity contribution in [3.8, 4) is 0 Å². The minimum absolute atomic E-state index is 0.152. The fraction of sp³-hybridized carbons (Fsp3) is 0.435.